The Hall–Kier alpha value is -2.73. The quantitative estimate of drug-likeness (QED) is 0.703. The summed E-state index contributed by atoms with van der Waals surface area (Å²) in [6.07, 6.45) is 9.93. The molecule has 0 aromatic carbocycles. The number of piperidine rings is 1. The second-order valence-corrected chi connectivity index (χ2v) is 10.5. The molecule has 172 valence electrons. The molecule has 3 aliphatic rings. The number of rotatable bonds is 5. The van der Waals surface area contributed by atoms with Crippen LogP contribution in [0.3, 0.4) is 0 Å². The molecular formula is C20H27N7O4S. The van der Waals surface area contributed by atoms with Crippen molar-refractivity contribution in [3.63, 3.8) is 0 Å². The Kier molecular flexibility index (Phi) is 5.49. The van der Waals surface area contributed by atoms with E-state index in [9.17, 15) is 13.2 Å². The van der Waals surface area contributed by atoms with Crippen molar-refractivity contribution >= 4 is 27.7 Å². The van der Waals surface area contributed by atoms with Gasteiger partial charge in [-0.25, -0.2) is 13.4 Å². The molecule has 12 heteroatoms. The van der Waals surface area contributed by atoms with Gasteiger partial charge in [0.1, 0.15) is 4.90 Å². The summed E-state index contributed by atoms with van der Waals surface area (Å²) >= 11 is 0. The molecule has 0 unspecified atom stereocenters. The van der Waals surface area contributed by atoms with Gasteiger partial charge in [-0.1, -0.05) is 12.8 Å². The average molecular weight is 462 g/mol. The van der Waals surface area contributed by atoms with Gasteiger partial charge >= 0.3 is 0 Å². The van der Waals surface area contributed by atoms with Gasteiger partial charge in [-0.2, -0.15) is 14.4 Å². The lowest BCUT2D eigenvalue weighted by atomic mass is 10.1. The van der Waals surface area contributed by atoms with Crippen molar-refractivity contribution < 1.29 is 17.9 Å². The smallest absolute Gasteiger partial charge is 0.266 e. The Balaban J connectivity index is 1.26. The summed E-state index contributed by atoms with van der Waals surface area (Å²) in [7, 11) is -1.85. The molecular weight excluding hydrogens is 434 g/mol. The molecule has 1 aliphatic carbocycles. The number of carbonyl (C=O) groups excluding carboxylic acids is 1. The molecule has 2 fully saturated rings. The van der Waals surface area contributed by atoms with Gasteiger partial charge in [0.15, 0.2) is 18.2 Å². The lowest BCUT2D eigenvalue weighted by Crippen LogP contribution is -2.45. The van der Waals surface area contributed by atoms with Gasteiger partial charge in [-0.3, -0.25) is 14.4 Å². The van der Waals surface area contributed by atoms with Crippen molar-refractivity contribution in [2.24, 2.45) is 7.05 Å². The first-order chi connectivity index (χ1) is 15.4. The summed E-state index contributed by atoms with van der Waals surface area (Å²) in [6.45, 7) is 0.814. The Morgan fingerprint density at radius 1 is 1.12 bits per heavy atom. The second kappa shape index (κ2) is 8.32. The third-order valence-corrected chi connectivity index (χ3v) is 8.23. The largest absolute Gasteiger partial charge is 0.478 e. The van der Waals surface area contributed by atoms with E-state index < -0.39 is 10.0 Å². The molecule has 5 rings (SSSR count). The number of aromatic nitrogens is 4. The number of amides is 1. The zero-order valence-corrected chi connectivity index (χ0v) is 18.8. The lowest BCUT2D eigenvalue weighted by molar-refractivity contribution is -0.121. The van der Waals surface area contributed by atoms with E-state index in [2.05, 4.69) is 20.4 Å². The van der Waals surface area contributed by atoms with Gasteiger partial charge in [0.2, 0.25) is 16.0 Å². The van der Waals surface area contributed by atoms with Crippen LogP contribution >= 0.6 is 0 Å². The average Bonchev–Trinajstić information content (AvgIpc) is 3.46. The molecule has 1 saturated carbocycles. The summed E-state index contributed by atoms with van der Waals surface area (Å²) in [5, 5.41) is 7.29. The molecule has 4 heterocycles. The van der Waals surface area contributed by atoms with Crippen molar-refractivity contribution in [2.45, 2.75) is 55.5 Å². The van der Waals surface area contributed by atoms with Gasteiger partial charge in [0.25, 0.3) is 5.91 Å². The van der Waals surface area contributed by atoms with Crippen LogP contribution in [0.15, 0.2) is 23.5 Å². The first-order valence-electron chi connectivity index (χ1n) is 11.0. The summed E-state index contributed by atoms with van der Waals surface area (Å²) < 4.78 is 34.1. The number of carbonyl (C=O) groups is 1. The number of sulfonamides is 1. The number of ether oxygens (including phenoxy) is 1. The second-order valence-electron chi connectivity index (χ2n) is 8.54. The van der Waals surface area contributed by atoms with Crippen LogP contribution < -0.4 is 15.0 Å². The maximum absolute atomic E-state index is 12.8. The highest BCUT2D eigenvalue weighted by Crippen LogP contribution is 2.36. The summed E-state index contributed by atoms with van der Waals surface area (Å²) in [5.74, 6) is 1.42. The van der Waals surface area contributed by atoms with Gasteiger partial charge in [0.05, 0.1) is 12.4 Å². The van der Waals surface area contributed by atoms with Crippen molar-refractivity contribution in [3.05, 3.63) is 18.6 Å². The number of nitrogens with zero attached hydrogens (tertiary/aromatic N) is 6. The molecule has 2 aliphatic heterocycles. The number of aryl methyl sites for hydroxylation is 1. The molecule has 2 aromatic heterocycles. The van der Waals surface area contributed by atoms with Gasteiger partial charge in [0, 0.05) is 38.4 Å². The fraction of sp³-hybridized carbons (Fsp3) is 0.600. The highest BCUT2D eigenvalue weighted by molar-refractivity contribution is 7.89. The van der Waals surface area contributed by atoms with E-state index in [1.165, 1.54) is 21.4 Å². The number of hydrogen-bond donors (Lipinski definition) is 1. The standard InChI is InChI=1S/C20H27N7O4S/c1-25-12-16(10-22-25)32(29,30)26-8-6-14(7-9-26)23-20-21-11-17-19(24-20)27(18(28)13-31-17)15-4-2-3-5-15/h10-12,14-15H,2-9,13H2,1H3,(H,21,23,24). The first kappa shape index (κ1) is 21.1. The van der Waals surface area contributed by atoms with Gasteiger partial charge in [-0.05, 0) is 25.7 Å². The zero-order chi connectivity index (χ0) is 22.3. The molecule has 0 bridgehead atoms. The highest BCUT2D eigenvalue weighted by atomic mass is 32.2. The third kappa shape index (κ3) is 3.92. The normalized spacial score (nSPS) is 20.9. The van der Waals surface area contributed by atoms with E-state index in [4.69, 9.17) is 4.74 Å². The SMILES string of the molecule is Cn1cc(S(=O)(=O)N2CCC(Nc3ncc4c(n3)N(C3CCCC3)C(=O)CO4)CC2)cn1. The maximum atomic E-state index is 12.8. The fourth-order valence-corrected chi connectivity index (χ4v) is 6.13. The molecule has 1 amide bonds. The van der Waals surface area contributed by atoms with E-state index in [1.54, 1.807) is 18.1 Å². The Morgan fingerprint density at radius 2 is 1.88 bits per heavy atom. The van der Waals surface area contributed by atoms with Crippen molar-refractivity contribution in [3.8, 4) is 5.75 Å². The minimum absolute atomic E-state index is 0.0174. The predicted octanol–water partition coefficient (Wildman–Crippen LogP) is 1.14. The molecule has 32 heavy (non-hydrogen) atoms. The van der Waals surface area contributed by atoms with Crippen LogP contribution in [-0.4, -0.2) is 70.2 Å². The van der Waals surface area contributed by atoms with E-state index in [0.29, 0.717) is 43.4 Å². The van der Waals surface area contributed by atoms with Crippen molar-refractivity contribution in [1.29, 1.82) is 0 Å². The molecule has 0 radical (unpaired) electrons. The Bertz CT molecular complexity index is 1100. The number of anilines is 2. The molecule has 1 saturated heterocycles. The third-order valence-electron chi connectivity index (χ3n) is 6.38. The van der Waals surface area contributed by atoms with Crippen LogP contribution in [0.4, 0.5) is 11.8 Å². The number of fused-ring (bicyclic) bond motifs is 1. The van der Waals surface area contributed by atoms with Crippen LogP contribution in [-0.2, 0) is 21.9 Å². The molecule has 0 spiro atoms. The topological polar surface area (TPSA) is 123 Å². The first-order valence-corrected chi connectivity index (χ1v) is 12.4. The van der Waals surface area contributed by atoms with Crippen LogP contribution in [0.2, 0.25) is 0 Å². The van der Waals surface area contributed by atoms with Gasteiger partial charge in [-0.15, -0.1) is 0 Å². The van der Waals surface area contributed by atoms with Crippen LogP contribution in [0, 0.1) is 0 Å². The monoisotopic (exact) mass is 461 g/mol. The van der Waals surface area contributed by atoms with E-state index in [0.717, 1.165) is 25.7 Å². The molecule has 11 nitrogen and oxygen atoms in total. The summed E-state index contributed by atoms with van der Waals surface area (Å²) in [4.78, 5) is 23.5. The minimum atomic E-state index is -3.54. The zero-order valence-electron chi connectivity index (χ0n) is 18.0. The van der Waals surface area contributed by atoms with Crippen LogP contribution in [0.5, 0.6) is 5.75 Å². The predicted molar refractivity (Wildman–Crippen MR) is 116 cm³/mol. The summed E-state index contributed by atoms with van der Waals surface area (Å²) in [5.41, 5.74) is 0. The molecule has 0 atom stereocenters. The van der Waals surface area contributed by atoms with Gasteiger partial charge < -0.3 is 10.1 Å². The number of hydrogen-bond acceptors (Lipinski definition) is 8. The van der Waals surface area contributed by atoms with Crippen LogP contribution in [0.1, 0.15) is 38.5 Å². The number of nitrogens with one attached hydrogen (secondary N) is 1. The van der Waals surface area contributed by atoms with Crippen LogP contribution in [0.25, 0.3) is 0 Å². The van der Waals surface area contributed by atoms with Crippen molar-refractivity contribution in [2.75, 3.05) is 29.9 Å². The minimum Gasteiger partial charge on any atom is -0.478 e. The Morgan fingerprint density at radius 3 is 2.56 bits per heavy atom. The molecule has 2 aromatic rings. The van der Waals surface area contributed by atoms with E-state index >= 15 is 0 Å². The summed E-state index contributed by atoms with van der Waals surface area (Å²) in [6, 6.07) is 0.197. The lowest BCUT2D eigenvalue weighted by Gasteiger charge is -2.33. The van der Waals surface area contributed by atoms with E-state index in [1.807, 2.05) is 0 Å². The highest BCUT2D eigenvalue weighted by Gasteiger charge is 2.35. The molecule has 1 N–H and O–H groups in total. The Labute approximate surface area is 186 Å². The van der Waals surface area contributed by atoms with Crippen molar-refractivity contribution in [1.82, 2.24) is 24.1 Å². The fourth-order valence-electron chi connectivity index (χ4n) is 4.68. The van der Waals surface area contributed by atoms with E-state index in [-0.39, 0.29) is 29.5 Å². The maximum Gasteiger partial charge on any atom is 0.266 e.